The number of nitrogens with two attached hydrogens (primary N) is 1. The number of hydrogen-bond acceptors (Lipinski definition) is 4. The highest BCUT2D eigenvalue weighted by Crippen LogP contribution is 2.30. The van der Waals surface area contributed by atoms with Gasteiger partial charge in [-0.05, 0) is 60.3 Å². The Morgan fingerprint density at radius 2 is 1.23 bits per heavy atom. The molecule has 1 fully saturated rings. The van der Waals surface area contributed by atoms with E-state index in [0.29, 0.717) is 6.54 Å². The third kappa shape index (κ3) is 7.18. The molecule has 1 aliphatic rings. The van der Waals surface area contributed by atoms with Crippen molar-refractivity contribution < 1.29 is 13.9 Å². The summed E-state index contributed by atoms with van der Waals surface area (Å²) in [7, 11) is 0. The van der Waals surface area contributed by atoms with E-state index >= 15 is 0 Å². The highest BCUT2D eigenvalue weighted by atomic mass is 19.1. The summed E-state index contributed by atoms with van der Waals surface area (Å²) in [5.41, 5.74) is 9.31. The maximum absolute atomic E-state index is 13.5. The third-order valence-electron chi connectivity index (χ3n) is 7.02. The molecule has 3 aromatic carbocycles. The topological polar surface area (TPSA) is 52.7 Å². The Labute approximate surface area is 207 Å². The van der Waals surface area contributed by atoms with Crippen molar-refractivity contribution in [2.24, 2.45) is 5.73 Å². The van der Waals surface area contributed by atoms with Gasteiger partial charge in [-0.3, -0.25) is 4.90 Å². The minimum absolute atomic E-state index is 0.104. The van der Waals surface area contributed by atoms with Gasteiger partial charge in [0.05, 0.1) is 12.1 Å². The Morgan fingerprint density at radius 3 is 1.77 bits per heavy atom. The molecule has 0 aliphatic carbocycles. The number of β-amino-alcohol motifs (C(OH)–C–C–N with tert-alkyl or cyclic N) is 1. The van der Waals surface area contributed by atoms with Gasteiger partial charge in [0, 0.05) is 38.6 Å². The summed E-state index contributed by atoms with van der Waals surface area (Å²) in [4.78, 5) is 4.73. The molecule has 0 spiro atoms. The molecule has 2 unspecified atom stereocenters. The van der Waals surface area contributed by atoms with E-state index in [4.69, 9.17) is 5.73 Å². The van der Waals surface area contributed by atoms with E-state index < -0.39 is 6.10 Å². The van der Waals surface area contributed by atoms with Crippen molar-refractivity contribution >= 4 is 0 Å². The second-order valence-corrected chi connectivity index (χ2v) is 9.44. The molecule has 2 atom stereocenters. The summed E-state index contributed by atoms with van der Waals surface area (Å²) in [6.07, 6.45) is 1.29. The lowest BCUT2D eigenvalue weighted by Crippen LogP contribution is -2.50. The molecule has 0 amide bonds. The van der Waals surface area contributed by atoms with E-state index in [2.05, 4.69) is 9.80 Å². The maximum atomic E-state index is 13.5. The molecule has 0 saturated carbocycles. The van der Waals surface area contributed by atoms with E-state index in [0.717, 1.165) is 62.3 Å². The van der Waals surface area contributed by atoms with E-state index in [-0.39, 0.29) is 23.6 Å². The average Bonchev–Trinajstić information content (AvgIpc) is 2.89. The Bertz CT molecular complexity index is 977. The fourth-order valence-corrected chi connectivity index (χ4v) is 4.91. The van der Waals surface area contributed by atoms with Crippen LogP contribution in [0.5, 0.6) is 0 Å². The lowest BCUT2D eigenvalue weighted by atomic mass is 9.87. The number of aliphatic hydroxyl groups excluding tert-OH is 1. The van der Waals surface area contributed by atoms with Gasteiger partial charge in [-0.15, -0.1) is 0 Å². The molecule has 0 radical (unpaired) electrons. The molecule has 4 nitrogen and oxygen atoms in total. The van der Waals surface area contributed by atoms with Crippen molar-refractivity contribution in [3.05, 3.63) is 107 Å². The summed E-state index contributed by atoms with van der Waals surface area (Å²) in [5, 5.41) is 10.6. The summed E-state index contributed by atoms with van der Waals surface area (Å²) < 4.78 is 26.9. The SMILES string of the molecule is NC(c1ccccc1)C(O)CN1CCN(CCCC(c2ccc(F)cc2)c2ccc(F)cc2)CC1. The third-order valence-corrected chi connectivity index (χ3v) is 7.02. The van der Waals surface area contributed by atoms with Crippen LogP contribution in [0.15, 0.2) is 78.9 Å². The minimum Gasteiger partial charge on any atom is -0.390 e. The Kier molecular flexibility index (Phi) is 8.99. The van der Waals surface area contributed by atoms with Crippen molar-refractivity contribution in [3.63, 3.8) is 0 Å². The van der Waals surface area contributed by atoms with Crippen LogP contribution < -0.4 is 5.73 Å². The molecule has 0 aromatic heterocycles. The molecule has 6 heteroatoms. The number of aliphatic hydroxyl groups is 1. The molecule has 1 aliphatic heterocycles. The zero-order valence-electron chi connectivity index (χ0n) is 20.1. The molecule has 186 valence electrons. The molecule has 1 saturated heterocycles. The van der Waals surface area contributed by atoms with Crippen LogP contribution in [0.4, 0.5) is 8.78 Å². The molecule has 35 heavy (non-hydrogen) atoms. The smallest absolute Gasteiger partial charge is 0.123 e. The Hall–Kier alpha value is -2.64. The van der Waals surface area contributed by atoms with Crippen LogP contribution >= 0.6 is 0 Å². The van der Waals surface area contributed by atoms with Gasteiger partial charge < -0.3 is 15.7 Å². The van der Waals surface area contributed by atoms with Crippen molar-refractivity contribution in [2.45, 2.75) is 30.9 Å². The first-order valence-electron chi connectivity index (χ1n) is 12.4. The zero-order valence-corrected chi connectivity index (χ0v) is 20.1. The van der Waals surface area contributed by atoms with Crippen molar-refractivity contribution in [3.8, 4) is 0 Å². The van der Waals surface area contributed by atoms with Gasteiger partial charge in [0.25, 0.3) is 0 Å². The number of rotatable bonds is 10. The summed E-state index contributed by atoms with van der Waals surface area (Å²) in [6.45, 7) is 5.24. The van der Waals surface area contributed by atoms with E-state index in [1.807, 2.05) is 54.6 Å². The van der Waals surface area contributed by atoms with Gasteiger partial charge in [-0.25, -0.2) is 8.78 Å². The highest BCUT2D eigenvalue weighted by molar-refractivity contribution is 5.32. The van der Waals surface area contributed by atoms with Crippen LogP contribution in [0.25, 0.3) is 0 Å². The molecular formula is C29H35F2N3O. The van der Waals surface area contributed by atoms with Gasteiger partial charge in [0.2, 0.25) is 0 Å². The second kappa shape index (κ2) is 12.4. The number of benzene rings is 3. The predicted molar refractivity (Wildman–Crippen MR) is 136 cm³/mol. The van der Waals surface area contributed by atoms with Crippen LogP contribution in [0.1, 0.15) is 41.5 Å². The first-order chi connectivity index (χ1) is 17.0. The zero-order chi connectivity index (χ0) is 24.6. The van der Waals surface area contributed by atoms with Gasteiger partial charge in [0.1, 0.15) is 11.6 Å². The highest BCUT2D eigenvalue weighted by Gasteiger charge is 2.23. The van der Waals surface area contributed by atoms with E-state index in [9.17, 15) is 13.9 Å². The van der Waals surface area contributed by atoms with Gasteiger partial charge >= 0.3 is 0 Å². The predicted octanol–water partition coefficient (Wildman–Crippen LogP) is 4.56. The summed E-state index contributed by atoms with van der Waals surface area (Å²) in [6, 6.07) is 22.6. The summed E-state index contributed by atoms with van der Waals surface area (Å²) >= 11 is 0. The standard InChI is InChI=1S/C29H35F2N3O/c30-25-12-8-22(9-13-25)27(23-10-14-26(31)15-11-23)7-4-16-33-17-19-34(20-18-33)21-28(35)29(32)24-5-2-1-3-6-24/h1-3,5-6,8-15,27-29,35H,4,7,16-21,32H2. The Morgan fingerprint density at radius 1 is 0.714 bits per heavy atom. The quantitative estimate of drug-likeness (QED) is 0.448. The maximum Gasteiger partial charge on any atom is 0.123 e. The fourth-order valence-electron chi connectivity index (χ4n) is 4.91. The van der Waals surface area contributed by atoms with Gasteiger partial charge in [-0.1, -0.05) is 54.6 Å². The lowest BCUT2D eigenvalue weighted by Gasteiger charge is -2.36. The minimum atomic E-state index is -0.601. The van der Waals surface area contributed by atoms with Crippen LogP contribution in [0.2, 0.25) is 0 Å². The number of halogens is 2. The molecule has 3 N–H and O–H groups in total. The fraction of sp³-hybridized carbons (Fsp3) is 0.379. The van der Waals surface area contributed by atoms with E-state index in [1.54, 1.807) is 0 Å². The van der Waals surface area contributed by atoms with Gasteiger partial charge in [-0.2, -0.15) is 0 Å². The van der Waals surface area contributed by atoms with Gasteiger partial charge in [0.15, 0.2) is 0 Å². The average molecular weight is 480 g/mol. The largest absolute Gasteiger partial charge is 0.390 e. The number of nitrogens with zero attached hydrogens (tertiary/aromatic N) is 2. The first-order valence-corrected chi connectivity index (χ1v) is 12.4. The van der Waals surface area contributed by atoms with Crippen molar-refractivity contribution in [2.75, 3.05) is 39.3 Å². The van der Waals surface area contributed by atoms with Crippen LogP contribution in [0.3, 0.4) is 0 Å². The van der Waals surface area contributed by atoms with E-state index in [1.165, 1.54) is 24.3 Å². The normalized spacial score (nSPS) is 16.9. The molecule has 4 rings (SSSR count). The van der Waals surface area contributed by atoms with Crippen LogP contribution in [-0.2, 0) is 0 Å². The lowest BCUT2D eigenvalue weighted by molar-refractivity contribution is 0.0592. The molecular weight excluding hydrogens is 444 g/mol. The molecule has 0 bridgehead atoms. The number of piperazine rings is 1. The molecule has 3 aromatic rings. The van der Waals surface area contributed by atoms with Crippen molar-refractivity contribution in [1.82, 2.24) is 9.80 Å². The Balaban J connectivity index is 1.25. The monoisotopic (exact) mass is 479 g/mol. The molecule has 1 heterocycles. The number of hydrogen-bond donors (Lipinski definition) is 2. The van der Waals surface area contributed by atoms with Crippen molar-refractivity contribution in [1.29, 1.82) is 0 Å². The van der Waals surface area contributed by atoms with Crippen LogP contribution in [0, 0.1) is 11.6 Å². The second-order valence-electron chi connectivity index (χ2n) is 9.44. The first kappa shape index (κ1) is 25.5. The van der Waals surface area contributed by atoms with Crippen LogP contribution in [-0.4, -0.2) is 60.3 Å². The summed E-state index contributed by atoms with van der Waals surface area (Å²) in [5.74, 6) is -0.397.